The van der Waals surface area contributed by atoms with Crippen molar-refractivity contribution in [2.24, 2.45) is 0 Å². The minimum absolute atomic E-state index is 0.156. The van der Waals surface area contributed by atoms with E-state index in [2.05, 4.69) is 16.7 Å². The van der Waals surface area contributed by atoms with Crippen molar-refractivity contribution >= 4 is 35.1 Å². The molecule has 0 aliphatic carbocycles. The van der Waals surface area contributed by atoms with Gasteiger partial charge < -0.3 is 25.7 Å². The lowest BCUT2D eigenvalue weighted by molar-refractivity contribution is -0.143. The van der Waals surface area contributed by atoms with E-state index in [0.29, 0.717) is 6.54 Å². The van der Waals surface area contributed by atoms with Crippen molar-refractivity contribution in [3.63, 3.8) is 0 Å². The number of carbonyl (C=O) groups excluding carboxylic acids is 1. The third-order valence-corrected chi connectivity index (χ3v) is 6.66. The van der Waals surface area contributed by atoms with Crippen LogP contribution in [0.4, 0.5) is 5.69 Å². The van der Waals surface area contributed by atoms with Crippen LogP contribution in [0.25, 0.3) is 0 Å². The third kappa shape index (κ3) is 8.24. The maximum atomic E-state index is 12.6. The summed E-state index contributed by atoms with van der Waals surface area (Å²) in [6.45, 7) is 4.46. The van der Waals surface area contributed by atoms with Crippen LogP contribution in [0.15, 0.2) is 36.4 Å². The van der Waals surface area contributed by atoms with Gasteiger partial charge in [-0.15, -0.1) is 0 Å². The number of fused-ring (bicyclic) bond motifs is 1. The van der Waals surface area contributed by atoms with Gasteiger partial charge in [0.2, 0.25) is 0 Å². The Bertz CT molecular complexity index is 1040. The maximum Gasteiger partial charge on any atom is 0.303 e. The molecule has 1 fully saturated rings. The number of halogens is 1. The second-order valence-corrected chi connectivity index (χ2v) is 9.41. The average molecular weight is 516 g/mol. The fourth-order valence-electron chi connectivity index (χ4n) is 4.38. The second-order valence-electron chi connectivity index (χ2n) is 9.00. The van der Waals surface area contributed by atoms with Gasteiger partial charge >= 0.3 is 11.9 Å². The average Bonchev–Trinajstić information content (AvgIpc) is 3.13. The number of piperidine rings is 1. The molecule has 2 aliphatic heterocycles. The van der Waals surface area contributed by atoms with Crippen LogP contribution in [0.2, 0.25) is 5.02 Å². The molecule has 0 radical (unpaired) electrons. The van der Waals surface area contributed by atoms with E-state index in [1.165, 1.54) is 17.5 Å². The minimum Gasteiger partial charge on any atom is -0.481 e. The van der Waals surface area contributed by atoms with Gasteiger partial charge in [-0.1, -0.05) is 29.8 Å². The lowest BCUT2D eigenvalue weighted by Gasteiger charge is -2.26. The Kier molecular flexibility index (Phi) is 10.6. The van der Waals surface area contributed by atoms with Gasteiger partial charge in [0.05, 0.1) is 23.6 Å². The Hall–Kier alpha value is -3.10. The molecule has 0 spiro atoms. The summed E-state index contributed by atoms with van der Waals surface area (Å²) < 4.78 is 0. The summed E-state index contributed by atoms with van der Waals surface area (Å²) in [6.07, 6.45) is 4.90. The molecule has 1 saturated heterocycles. The normalized spacial score (nSPS) is 15.1. The summed E-state index contributed by atoms with van der Waals surface area (Å²) in [5.74, 6) is -2.00. The van der Waals surface area contributed by atoms with Gasteiger partial charge in [0.1, 0.15) is 0 Å². The van der Waals surface area contributed by atoms with Crippen molar-refractivity contribution < 1.29 is 24.6 Å². The first kappa shape index (κ1) is 27.5. The quantitative estimate of drug-likeness (QED) is 0.436. The smallest absolute Gasteiger partial charge is 0.303 e. The van der Waals surface area contributed by atoms with Gasteiger partial charge in [-0.25, -0.2) is 0 Å². The Morgan fingerprint density at radius 2 is 1.53 bits per heavy atom. The number of carbonyl (C=O) groups is 3. The van der Waals surface area contributed by atoms with Gasteiger partial charge in [0, 0.05) is 25.2 Å². The molecule has 2 aromatic rings. The third-order valence-electron chi connectivity index (χ3n) is 6.35. The maximum absolute atomic E-state index is 12.6. The Morgan fingerprint density at radius 1 is 0.889 bits per heavy atom. The molecule has 0 atom stereocenters. The lowest BCUT2D eigenvalue weighted by atomic mass is 10.0. The lowest BCUT2D eigenvalue weighted by Crippen LogP contribution is -2.35. The molecule has 8 nitrogen and oxygen atoms in total. The zero-order valence-electron chi connectivity index (χ0n) is 20.4. The molecule has 194 valence electrons. The number of aliphatic carboxylic acids is 2. The molecular formula is C27H34ClN3O5. The number of hydrogen-bond acceptors (Lipinski definition) is 5. The number of carboxylic acids is 2. The Morgan fingerprint density at radius 3 is 2.17 bits per heavy atom. The van der Waals surface area contributed by atoms with E-state index < -0.39 is 11.9 Å². The highest BCUT2D eigenvalue weighted by Crippen LogP contribution is 2.31. The van der Waals surface area contributed by atoms with E-state index in [1.807, 2.05) is 35.2 Å². The molecule has 2 aromatic carbocycles. The predicted molar refractivity (Wildman–Crippen MR) is 140 cm³/mol. The number of likely N-dealkylation sites (tertiary alicyclic amines) is 1. The standard InChI is InChI=1S/C23H28ClN3O.C4H6O4/c24-21-9-8-18-10-12-25-13-11-20(18)22(21)26-16-17-4-6-19(7-5-17)23(28)27-14-2-1-3-15-27;5-3(6)1-2-4(7)8/h4-9,25-26H,1-3,10-16H2;1-2H2,(H,5,6)(H,7,8). The highest BCUT2D eigenvalue weighted by molar-refractivity contribution is 6.33. The van der Waals surface area contributed by atoms with Gasteiger partial charge in [-0.2, -0.15) is 0 Å². The molecule has 2 heterocycles. The van der Waals surface area contributed by atoms with Crippen LogP contribution in [0.5, 0.6) is 0 Å². The Balaban J connectivity index is 0.000000392. The van der Waals surface area contributed by atoms with Crippen molar-refractivity contribution in [2.75, 3.05) is 31.5 Å². The van der Waals surface area contributed by atoms with E-state index in [4.69, 9.17) is 21.8 Å². The number of carboxylic acid groups (broad SMARTS) is 2. The predicted octanol–water partition coefficient (Wildman–Crippen LogP) is 4.20. The van der Waals surface area contributed by atoms with Crippen molar-refractivity contribution in [3.05, 3.63) is 63.7 Å². The molecule has 4 rings (SSSR count). The van der Waals surface area contributed by atoms with Crippen LogP contribution in [0.1, 0.15) is 59.2 Å². The zero-order valence-corrected chi connectivity index (χ0v) is 21.1. The summed E-state index contributed by atoms with van der Waals surface area (Å²) in [5.41, 5.74) is 5.68. The first-order valence-corrected chi connectivity index (χ1v) is 12.8. The molecule has 0 bridgehead atoms. The number of nitrogens with zero attached hydrogens (tertiary/aromatic N) is 1. The Labute approximate surface area is 216 Å². The number of amides is 1. The molecule has 36 heavy (non-hydrogen) atoms. The zero-order chi connectivity index (χ0) is 25.9. The first-order chi connectivity index (χ1) is 17.3. The van der Waals surface area contributed by atoms with Crippen LogP contribution in [0.3, 0.4) is 0 Å². The van der Waals surface area contributed by atoms with Crippen molar-refractivity contribution in [1.82, 2.24) is 10.2 Å². The second kappa shape index (κ2) is 13.8. The topological polar surface area (TPSA) is 119 Å². The summed E-state index contributed by atoms with van der Waals surface area (Å²) >= 11 is 6.50. The number of rotatable bonds is 7. The van der Waals surface area contributed by atoms with E-state index in [9.17, 15) is 14.4 Å². The highest BCUT2D eigenvalue weighted by Gasteiger charge is 2.18. The van der Waals surface area contributed by atoms with Crippen LogP contribution in [-0.4, -0.2) is 59.1 Å². The van der Waals surface area contributed by atoms with E-state index in [1.54, 1.807) is 0 Å². The number of anilines is 1. The molecule has 0 aromatic heterocycles. The molecule has 9 heteroatoms. The van der Waals surface area contributed by atoms with Gasteiger partial charge in [-0.3, -0.25) is 14.4 Å². The van der Waals surface area contributed by atoms with Gasteiger partial charge in [0.15, 0.2) is 0 Å². The summed E-state index contributed by atoms with van der Waals surface area (Å²) in [6, 6.07) is 12.1. The largest absolute Gasteiger partial charge is 0.481 e. The van der Waals surface area contributed by atoms with Crippen molar-refractivity contribution in [1.29, 1.82) is 0 Å². The van der Waals surface area contributed by atoms with Crippen molar-refractivity contribution in [2.45, 2.75) is 51.5 Å². The SMILES string of the molecule is O=C(O)CCC(=O)O.O=C(c1ccc(CNc2c(Cl)ccc3c2CCNCC3)cc1)N1CCCCC1. The fourth-order valence-corrected chi connectivity index (χ4v) is 4.63. The monoisotopic (exact) mass is 515 g/mol. The molecule has 1 amide bonds. The van der Waals surface area contributed by atoms with E-state index >= 15 is 0 Å². The van der Waals surface area contributed by atoms with Crippen LogP contribution >= 0.6 is 11.6 Å². The molecular weight excluding hydrogens is 482 g/mol. The van der Waals surface area contributed by atoms with Gasteiger partial charge in [-0.05, 0) is 80.1 Å². The van der Waals surface area contributed by atoms with E-state index in [-0.39, 0.29) is 18.7 Å². The number of benzene rings is 2. The van der Waals surface area contributed by atoms with Crippen LogP contribution in [-0.2, 0) is 29.0 Å². The van der Waals surface area contributed by atoms with Crippen LogP contribution in [0, 0.1) is 0 Å². The molecule has 0 unspecified atom stereocenters. The number of nitrogens with one attached hydrogen (secondary N) is 2. The fraction of sp³-hybridized carbons (Fsp3) is 0.444. The summed E-state index contributed by atoms with van der Waals surface area (Å²) in [4.78, 5) is 33.9. The summed E-state index contributed by atoms with van der Waals surface area (Å²) in [7, 11) is 0. The minimum atomic E-state index is -1.08. The molecule has 2 aliphatic rings. The summed E-state index contributed by atoms with van der Waals surface area (Å²) in [5, 5.41) is 23.6. The van der Waals surface area contributed by atoms with Crippen LogP contribution < -0.4 is 10.6 Å². The molecule has 4 N–H and O–H groups in total. The van der Waals surface area contributed by atoms with Gasteiger partial charge in [0.25, 0.3) is 5.91 Å². The first-order valence-electron chi connectivity index (χ1n) is 12.4. The van der Waals surface area contributed by atoms with Crippen molar-refractivity contribution in [3.8, 4) is 0 Å². The molecule has 0 saturated carbocycles. The highest BCUT2D eigenvalue weighted by atomic mass is 35.5. The van der Waals surface area contributed by atoms with E-state index in [0.717, 1.165) is 73.7 Å². The number of hydrogen-bond donors (Lipinski definition) is 4.